The van der Waals surface area contributed by atoms with Gasteiger partial charge < -0.3 is 40.0 Å². The van der Waals surface area contributed by atoms with E-state index in [-0.39, 0.29) is 73.3 Å². The van der Waals surface area contributed by atoms with E-state index in [1.165, 1.54) is 39.6 Å². The summed E-state index contributed by atoms with van der Waals surface area (Å²) in [5, 5.41) is 42.5. The topological polar surface area (TPSA) is 206 Å². The lowest BCUT2D eigenvalue weighted by Gasteiger charge is -2.34. The van der Waals surface area contributed by atoms with Crippen molar-refractivity contribution in [1.29, 1.82) is 0 Å². The van der Waals surface area contributed by atoms with Crippen molar-refractivity contribution >= 4 is 27.6 Å². The van der Waals surface area contributed by atoms with Crippen molar-refractivity contribution in [3.8, 4) is 17.2 Å². The predicted molar refractivity (Wildman–Crippen MR) is 402 cm³/mol. The molecule has 0 heterocycles. The number of benzene rings is 6. The van der Waals surface area contributed by atoms with Crippen LogP contribution in [0.5, 0.6) is 17.2 Å². The summed E-state index contributed by atoms with van der Waals surface area (Å²) in [6.45, 7) is 44.4. The molecular weight excluding hydrogens is 1230 g/mol. The fourth-order valence-corrected chi connectivity index (χ4v) is 12.8. The van der Waals surface area contributed by atoms with Gasteiger partial charge in [-0.2, -0.15) is 0 Å². The quantitative estimate of drug-likeness (QED) is 0.0290. The fourth-order valence-electron chi connectivity index (χ4n) is 12.3. The summed E-state index contributed by atoms with van der Waals surface area (Å²) in [6.07, 6.45) is 5.68. The molecule has 0 unspecified atom stereocenters. The largest absolute Gasteiger partial charge is 0.491 e. The van der Waals surface area contributed by atoms with Gasteiger partial charge in [0, 0.05) is 41.0 Å². The molecule has 0 saturated carbocycles. The molecule has 5 N–H and O–H groups in total. The van der Waals surface area contributed by atoms with Gasteiger partial charge in [-0.3, -0.25) is 4.79 Å². The molecule has 0 aliphatic carbocycles. The van der Waals surface area contributed by atoms with Gasteiger partial charge in [0.1, 0.15) is 46.9 Å². The maximum Gasteiger partial charge on any atom is 0.335 e. The van der Waals surface area contributed by atoms with Crippen LogP contribution in [0.2, 0.25) is 0 Å². The summed E-state index contributed by atoms with van der Waals surface area (Å²) in [5.74, 6) is 0.737. The number of aryl methyl sites for hydroxylation is 6. The molecule has 0 fully saturated rings. The molecule has 13 nitrogen and oxygen atoms in total. The average Bonchev–Trinajstić information content (AvgIpc) is 0.785. The molecule has 0 spiro atoms. The Morgan fingerprint density at radius 3 is 0.990 bits per heavy atom. The number of carboxylic acids is 2. The molecule has 0 radical (unpaired) electrons. The Labute approximate surface area is 585 Å². The lowest BCUT2D eigenvalue weighted by atomic mass is 9.70. The zero-order chi connectivity index (χ0) is 71.8. The standard InChI is InChI=1S/C29H43NO4S.2C26H36O4.2CH4/c1-9-29(10-2,24-12-11-23(21(3)17-24)19-30-15-16-35(8,32)33)25-13-14-26(22(4)18-25)34-20-27(31)28(5,6)7;2*1-8-26(9-2,19-10-12-21(24(28)29)17(3)14-19)20-11-13-22(18(4)15-20)30-16-23(27)25(5,6)7;;/h11-14,17-18,30H,9-10,15-16,19-20H2,1-8H3;2*10-15,23,27H,8-9,16H2,1-7H3,(H,28,29);2*1H4/t;2*23-;;/m.10../s1. The lowest BCUT2D eigenvalue weighted by molar-refractivity contribution is -0.128. The van der Waals surface area contributed by atoms with E-state index in [1.807, 2.05) is 139 Å². The minimum atomic E-state index is -2.96. The van der Waals surface area contributed by atoms with Crippen LogP contribution in [0.25, 0.3) is 0 Å². The van der Waals surface area contributed by atoms with Crippen LogP contribution in [-0.2, 0) is 37.4 Å². The van der Waals surface area contributed by atoms with Crippen molar-refractivity contribution in [3.63, 3.8) is 0 Å². The number of hydrogen-bond acceptors (Lipinski definition) is 11. The second kappa shape index (κ2) is 36.3. The summed E-state index contributed by atoms with van der Waals surface area (Å²) in [5.41, 5.74) is 13.5. The second-order valence-corrected chi connectivity index (χ2v) is 31.5. The number of aromatic carboxylic acids is 2. The summed E-state index contributed by atoms with van der Waals surface area (Å²) in [7, 11) is -2.96. The Morgan fingerprint density at radius 1 is 0.443 bits per heavy atom. The highest BCUT2D eigenvalue weighted by Crippen LogP contribution is 2.44. The number of ketones is 1. The van der Waals surface area contributed by atoms with E-state index in [4.69, 9.17) is 14.2 Å². The number of rotatable bonds is 28. The van der Waals surface area contributed by atoms with Crippen LogP contribution in [0.4, 0.5) is 0 Å². The van der Waals surface area contributed by atoms with Crippen LogP contribution in [0.1, 0.15) is 250 Å². The molecule has 6 rings (SSSR count). The van der Waals surface area contributed by atoms with Crippen LogP contribution in [0.3, 0.4) is 0 Å². The molecule has 0 aromatic heterocycles. The SMILES string of the molecule is C.C.CCC(CC)(c1ccc(CNCCS(C)(=O)=O)c(C)c1)c1ccc(OCC(=O)C(C)(C)C)c(C)c1.CCC(CC)(c1ccc(OC[C@@H](O)C(C)(C)C)c(C)c1)c1ccc(C(=O)O)c(C)c1.CCC(CC)(c1ccc(OC[C@H](O)C(C)(C)C)c(C)c1)c1ccc(C(=O)O)c(C)c1. The van der Waals surface area contributed by atoms with Gasteiger partial charge in [-0.1, -0.05) is 198 Å². The molecule has 2 atom stereocenters. The Hall–Kier alpha value is -6.84. The van der Waals surface area contributed by atoms with Gasteiger partial charge in [-0.25, -0.2) is 18.0 Å². The lowest BCUT2D eigenvalue weighted by Crippen LogP contribution is -2.32. The van der Waals surface area contributed by atoms with Crippen molar-refractivity contribution in [2.75, 3.05) is 38.4 Å². The number of aliphatic hydroxyl groups excluding tert-OH is 2. The zero-order valence-electron chi connectivity index (χ0n) is 61.5. The first-order valence-corrected chi connectivity index (χ1v) is 36.0. The van der Waals surface area contributed by atoms with Crippen molar-refractivity contribution < 1.29 is 57.4 Å². The molecule has 538 valence electrons. The number of sulfone groups is 1. The highest BCUT2D eigenvalue weighted by atomic mass is 32.2. The van der Waals surface area contributed by atoms with E-state index >= 15 is 0 Å². The number of ether oxygens (including phenoxy) is 3. The normalized spacial score (nSPS) is 12.7. The maximum absolute atomic E-state index is 12.3. The van der Waals surface area contributed by atoms with Crippen LogP contribution < -0.4 is 19.5 Å². The molecule has 6 aromatic carbocycles. The van der Waals surface area contributed by atoms with E-state index in [0.29, 0.717) is 24.2 Å². The summed E-state index contributed by atoms with van der Waals surface area (Å²) >= 11 is 0. The number of carbonyl (C=O) groups is 3. The van der Waals surface area contributed by atoms with Crippen molar-refractivity contribution in [3.05, 3.63) is 193 Å². The average molecular weight is 1360 g/mol. The number of carbonyl (C=O) groups excluding carboxylic acids is 1. The third kappa shape index (κ3) is 22.3. The molecule has 97 heavy (non-hydrogen) atoms. The minimum absolute atomic E-state index is 0. The Kier molecular flexibility index (Phi) is 32.3. The van der Waals surface area contributed by atoms with E-state index < -0.39 is 39.4 Å². The van der Waals surface area contributed by atoms with Gasteiger partial charge in [0.2, 0.25) is 0 Å². The van der Waals surface area contributed by atoms with Crippen molar-refractivity contribution in [2.24, 2.45) is 16.2 Å². The van der Waals surface area contributed by atoms with E-state index in [2.05, 4.69) is 108 Å². The Bertz CT molecular complexity index is 3510. The first-order chi connectivity index (χ1) is 44.1. The van der Waals surface area contributed by atoms with Crippen molar-refractivity contribution in [2.45, 2.75) is 234 Å². The Morgan fingerprint density at radius 2 is 0.732 bits per heavy atom. The number of aliphatic hydroxyl groups is 2. The fraction of sp³-hybridized carbons (Fsp3) is 0.530. The minimum Gasteiger partial charge on any atom is -0.491 e. The van der Waals surface area contributed by atoms with E-state index in [1.54, 1.807) is 12.1 Å². The van der Waals surface area contributed by atoms with Gasteiger partial charge >= 0.3 is 11.9 Å². The number of carboxylic acid groups (broad SMARTS) is 2. The van der Waals surface area contributed by atoms with Gasteiger partial charge in [0.15, 0.2) is 5.78 Å². The van der Waals surface area contributed by atoms with Crippen LogP contribution in [0.15, 0.2) is 109 Å². The molecule has 14 heteroatoms. The number of nitrogens with one attached hydrogen (secondary N) is 1. The third-order valence-corrected chi connectivity index (χ3v) is 20.6. The molecule has 0 bridgehead atoms. The highest BCUT2D eigenvalue weighted by molar-refractivity contribution is 7.90. The molecule has 6 aromatic rings. The van der Waals surface area contributed by atoms with Gasteiger partial charge in [-0.15, -0.1) is 0 Å². The van der Waals surface area contributed by atoms with Crippen LogP contribution >= 0.6 is 0 Å². The highest BCUT2D eigenvalue weighted by Gasteiger charge is 2.35. The first kappa shape index (κ1) is 86.2. The molecule has 0 aliphatic rings. The number of Topliss-reactive ketones (excluding diaryl/α,β-unsaturated/α-hetero) is 1. The van der Waals surface area contributed by atoms with Gasteiger partial charge in [0.25, 0.3) is 0 Å². The molecule has 0 amide bonds. The zero-order valence-corrected chi connectivity index (χ0v) is 62.3. The molecular formula is C83H123NO12S. The van der Waals surface area contributed by atoms with Gasteiger partial charge in [0.05, 0.1) is 29.1 Å². The third-order valence-electron chi connectivity index (χ3n) is 19.7. The molecule has 0 saturated heterocycles. The van der Waals surface area contributed by atoms with Crippen molar-refractivity contribution in [1.82, 2.24) is 5.32 Å². The monoisotopic (exact) mass is 1360 g/mol. The van der Waals surface area contributed by atoms with Gasteiger partial charge in [-0.05, 0) is 194 Å². The van der Waals surface area contributed by atoms with Crippen LogP contribution in [-0.4, -0.2) is 97.1 Å². The van der Waals surface area contributed by atoms with E-state index in [0.717, 1.165) is 94.7 Å². The predicted octanol–water partition coefficient (Wildman–Crippen LogP) is 18.6. The maximum atomic E-state index is 12.3. The smallest absolute Gasteiger partial charge is 0.335 e. The van der Waals surface area contributed by atoms with E-state index in [9.17, 15) is 43.2 Å². The second-order valence-electron chi connectivity index (χ2n) is 29.3. The first-order valence-electron chi connectivity index (χ1n) is 33.9. The number of hydrogen-bond donors (Lipinski definition) is 5. The summed E-state index contributed by atoms with van der Waals surface area (Å²) in [6, 6.07) is 36.8. The summed E-state index contributed by atoms with van der Waals surface area (Å²) in [4.78, 5) is 35.1. The Balaban J connectivity index is 0.000000492. The molecule has 0 aliphatic heterocycles. The van der Waals surface area contributed by atoms with Crippen LogP contribution in [0, 0.1) is 57.8 Å². The summed E-state index contributed by atoms with van der Waals surface area (Å²) < 4.78 is 40.4.